The summed E-state index contributed by atoms with van der Waals surface area (Å²) in [5.74, 6) is 0.00243. The molecule has 0 aliphatic heterocycles. The average Bonchev–Trinajstić information content (AvgIpc) is 3.34. The van der Waals surface area contributed by atoms with Gasteiger partial charge in [0.15, 0.2) is 0 Å². The molecule has 2 aliphatic carbocycles. The van der Waals surface area contributed by atoms with Crippen LogP contribution in [0.15, 0.2) is 66.2 Å². The topological polar surface area (TPSA) is 91.4 Å². The minimum absolute atomic E-state index is 0.0385. The molecule has 46 heavy (non-hydrogen) atoms. The smallest absolute Gasteiger partial charge is 0.254 e. The van der Waals surface area contributed by atoms with E-state index in [1.807, 2.05) is 25.1 Å². The first-order chi connectivity index (χ1) is 21.9. The molecule has 0 bridgehead atoms. The summed E-state index contributed by atoms with van der Waals surface area (Å²) >= 11 is 6.56. The number of benzene rings is 1. The summed E-state index contributed by atoms with van der Waals surface area (Å²) in [5, 5.41) is 9.80. The number of halogens is 2. The molecule has 1 saturated carbocycles. The largest absolute Gasteiger partial charge is 0.470 e. The number of carbonyl (C=O) groups is 1. The maximum Gasteiger partial charge on any atom is 0.254 e. The van der Waals surface area contributed by atoms with E-state index in [4.69, 9.17) is 16.3 Å². The number of anilines is 2. The molecule has 248 valence electrons. The number of allylic oxidation sites excluding steroid dienone is 4. The van der Waals surface area contributed by atoms with Gasteiger partial charge in [-0.15, -0.1) is 0 Å². The Morgan fingerprint density at radius 1 is 1.28 bits per heavy atom. The van der Waals surface area contributed by atoms with Crippen molar-refractivity contribution in [2.45, 2.75) is 78.9 Å². The molecule has 10 heteroatoms. The number of ether oxygens (including phenoxy) is 1. The normalized spacial score (nSPS) is 19.8. The van der Waals surface area contributed by atoms with Gasteiger partial charge in [0.2, 0.25) is 11.8 Å². The number of amides is 1. The van der Waals surface area contributed by atoms with Gasteiger partial charge in [0.1, 0.15) is 16.9 Å². The summed E-state index contributed by atoms with van der Waals surface area (Å²) in [6.07, 6.45) is 13.7. The quantitative estimate of drug-likeness (QED) is 0.192. The van der Waals surface area contributed by atoms with Crippen LogP contribution in [0.1, 0.15) is 76.2 Å². The maximum absolute atomic E-state index is 15.3. The van der Waals surface area contributed by atoms with E-state index in [0.29, 0.717) is 36.2 Å². The molecule has 0 saturated heterocycles. The number of hydrogen-bond donors (Lipinski definition) is 3. The van der Waals surface area contributed by atoms with Crippen LogP contribution in [0.2, 0.25) is 5.02 Å². The number of aryl methyl sites for hydroxylation is 1. The van der Waals surface area contributed by atoms with Crippen molar-refractivity contribution in [3.05, 3.63) is 88.1 Å². The molecule has 1 amide bonds. The fourth-order valence-corrected chi connectivity index (χ4v) is 6.40. The van der Waals surface area contributed by atoms with Gasteiger partial charge < -0.3 is 25.6 Å². The molecule has 2 aromatic rings. The van der Waals surface area contributed by atoms with E-state index >= 15 is 4.39 Å². The minimum Gasteiger partial charge on any atom is -0.470 e. The van der Waals surface area contributed by atoms with Gasteiger partial charge in [-0.3, -0.25) is 4.79 Å². The van der Waals surface area contributed by atoms with Crippen LogP contribution in [-0.4, -0.2) is 52.6 Å². The molecule has 0 radical (unpaired) electrons. The predicted molar refractivity (Wildman–Crippen MR) is 185 cm³/mol. The average molecular weight is 651 g/mol. The van der Waals surface area contributed by atoms with Gasteiger partial charge in [0, 0.05) is 37.1 Å². The first-order valence-corrected chi connectivity index (χ1v) is 16.5. The molecule has 0 spiro atoms. The van der Waals surface area contributed by atoms with Crippen LogP contribution >= 0.6 is 11.6 Å². The molecule has 2 aliphatic rings. The van der Waals surface area contributed by atoms with Crippen molar-refractivity contribution in [1.82, 2.24) is 25.5 Å². The fraction of sp³-hybridized carbons (Fsp3) is 0.472. The fourth-order valence-electron chi connectivity index (χ4n) is 6.26. The highest BCUT2D eigenvalue weighted by Gasteiger charge is 2.53. The third-order valence-electron chi connectivity index (χ3n) is 8.96. The monoisotopic (exact) mass is 650 g/mol. The first kappa shape index (κ1) is 35.2. The Balaban J connectivity index is 1.49. The third-order valence-corrected chi connectivity index (χ3v) is 9.22. The van der Waals surface area contributed by atoms with Gasteiger partial charge in [-0.1, -0.05) is 70.5 Å². The lowest BCUT2D eigenvalue weighted by Crippen LogP contribution is -2.57. The van der Waals surface area contributed by atoms with Crippen molar-refractivity contribution < 1.29 is 13.9 Å². The van der Waals surface area contributed by atoms with Crippen LogP contribution in [0.25, 0.3) is 0 Å². The molecule has 1 fully saturated rings. The van der Waals surface area contributed by atoms with E-state index in [-0.39, 0.29) is 34.1 Å². The van der Waals surface area contributed by atoms with Crippen molar-refractivity contribution >= 4 is 29.1 Å². The summed E-state index contributed by atoms with van der Waals surface area (Å²) < 4.78 is 21.9. The van der Waals surface area contributed by atoms with E-state index in [9.17, 15) is 4.79 Å². The Morgan fingerprint density at radius 3 is 2.70 bits per heavy atom. The van der Waals surface area contributed by atoms with Gasteiger partial charge in [0.05, 0.1) is 17.3 Å². The van der Waals surface area contributed by atoms with E-state index in [1.54, 1.807) is 6.92 Å². The molecular formula is C36H48ClFN6O2. The van der Waals surface area contributed by atoms with Crippen LogP contribution < -0.4 is 20.7 Å². The first-order valence-electron chi connectivity index (χ1n) is 16.1. The number of hydrogen-bond acceptors (Lipinski definition) is 7. The van der Waals surface area contributed by atoms with Crippen LogP contribution in [0.4, 0.5) is 16.0 Å². The van der Waals surface area contributed by atoms with Crippen molar-refractivity contribution in [3.8, 4) is 5.88 Å². The molecule has 3 atom stereocenters. The van der Waals surface area contributed by atoms with Crippen molar-refractivity contribution in [3.63, 3.8) is 0 Å². The van der Waals surface area contributed by atoms with Gasteiger partial charge in [0.25, 0.3) is 5.91 Å². The Hall–Kier alpha value is -3.69. The van der Waals surface area contributed by atoms with Gasteiger partial charge in [-0.05, 0) is 74.4 Å². The molecule has 1 aromatic carbocycles. The van der Waals surface area contributed by atoms with E-state index < -0.39 is 11.7 Å². The van der Waals surface area contributed by atoms with Crippen molar-refractivity contribution in [2.24, 2.45) is 11.8 Å². The van der Waals surface area contributed by atoms with Gasteiger partial charge in [-0.25, -0.2) is 9.37 Å². The highest BCUT2D eigenvalue weighted by Crippen LogP contribution is 2.48. The van der Waals surface area contributed by atoms with Crippen molar-refractivity contribution in [1.29, 1.82) is 0 Å². The SMILES string of the molecule is C=C(C)N(/C=C\C(C)C)CCNC(=O)c1cc(C)c(Nc2ncc(Cl)c(OC3CC4=CCCC=C4[C@@]3(NC)[C@H](C)CC)n2)cc1F. The number of fused-ring (bicyclic) bond motifs is 1. The molecule has 1 unspecified atom stereocenters. The Morgan fingerprint density at radius 2 is 2.02 bits per heavy atom. The number of nitrogens with zero attached hydrogens (tertiary/aromatic N) is 3. The molecule has 1 heterocycles. The lowest BCUT2D eigenvalue weighted by atomic mass is 9.76. The van der Waals surface area contributed by atoms with Crippen LogP contribution in [-0.2, 0) is 0 Å². The maximum atomic E-state index is 15.3. The van der Waals surface area contributed by atoms with Crippen LogP contribution in [0.3, 0.4) is 0 Å². The number of nitrogens with one attached hydrogen (secondary N) is 3. The number of aromatic nitrogens is 2. The predicted octanol–water partition coefficient (Wildman–Crippen LogP) is 7.86. The highest BCUT2D eigenvalue weighted by atomic mass is 35.5. The second kappa shape index (κ2) is 15.3. The third kappa shape index (κ3) is 7.64. The Kier molecular flexibility index (Phi) is 11.7. The lowest BCUT2D eigenvalue weighted by Gasteiger charge is -2.41. The van der Waals surface area contributed by atoms with Crippen LogP contribution in [0.5, 0.6) is 5.88 Å². The second-order valence-electron chi connectivity index (χ2n) is 12.6. The summed E-state index contributed by atoms with van der Waals surface area (Å²) in [6, 6.07) is 2.80. The van der Waals surface area contributed by atoms with Crippen LogP contribution in [0, 0.1) is 24.6 Å². The standard InChI is InChI=1S/C36H48ClFN6O2/c1-9-25(7)36(39-8)28-13-11-10-12-26(28)19-32(36)46-34-29(37)21-41-35(43-34)42-31-20-30(38)27(18-24(31)6)33(45)40-15-17-44(23(4)5)16-14-22(2)3/h12-14,16,18,20-22,25,32,39H,4,9-11,15,17,19H2,1-3,5-8H3,(H,40,45)(H,41,42,43)/b16-14-/t25-,32?,36+/m1/s1. The van der Waals surface area contributed by atoms with Gasteiger partial charge >= 0.3 is 0 Å². The lowest BCUT2D eigenvalue weighted by molar-refractivity contribution is 0.0876. The van der Waals surface area contributed by atoms with Crippen molar-refractivity contribution in [2.75, 3.05) is 25.5 Å². The summed E-state index contributed by atoms with van der Waals surface area (Å²) in [5.41, 5.74) is 4.13. The second-order valence-corrected chi connectivity index (χ2v) is 13.0. The number of likely N-dealkylation sites (N-methyl/N-ethyl adjacent to an activating group) is 1. The van der Waals surface area contributed by atoms with E-state index in [2.05, 4.69) is 78.4 Å². The summed E-state index contributed by atoms with van der Waals surface area (Å²) in [7, 11) is 1.99. The zero-order chi connectivity index (χ0) is 33.6. The van der Waals surface area contributed by atoms with Gasteiger partial charge in [-0.2, -0.15) is 4.98 Å². The molecule has 4 rings (SSSR count). The summed E-state index contributed by atoms with van der Waals surface area (Å²) in [6.45, 7) is 17.1. The zero-order valence-corrected chi connectivity index (χ0v) is 28.9. The summed E-state index contributed by atoms with van der Waals surface area (Å²) in [4.78, 5) is 23.8. The Bertz CT molecular complexity index is 1540. The highest BCUT2D eigenvalue weighted by molar-refractivity contribution is 6.31. The number of rotatable bonds is 14. The Labute approximate surface area is 278 Å². The van der Waals surface area contributed by atoms with E-state index in [1.165, 1.54) is 29.5 Å². The zero-order valence-electron chi connectivity index (χ0n) is 28.1. The molecule has 1 aromatic heterocycles. The number of carbonyl (C=O) groups excluding carboxylic acids is 1. The molecular weight excluding hydrogens is 603 g/mol. The van der Waals surface area contributed by atoms with E-state index in [0.717, 1.165) is 31.4 Å². The molecule has 8 nitrogen and oxygen atoms in total. The minimum atomic E-state index is -0.657. The molecule has 3 N–H and O–H groups in total.